The van der Waals surface area contributed by atoms with Crippen molar-refractivity contribution in [2.24, 2.45) is 5.92 Å². The van der Waals surface area contributed by atoms with E-state index in [4.69, 9.17) is 0 Å². The molecule has 0 unspecified atom stereocenters. The first-order valence-electron chi connectivity index (χ1n) is 4.64. The normalized spacial score (nSPS) is 22.8. The zero-order valence-electron chi connectivity index (χ0n) is 8.54. The van der Waals surface area contributed by atoms with Gasteiger partial charge in [-0.15, -0.1) is 12.4 Å². The third-order valence-electron chi connectivity index (χ3n) is 2.28. The standard InChI is InChI=1S/C9H18N2O.ClH/c1-7(2)9(12)11-5-4-10-6-8(11)3;/h7-8,10H,4-6H2,1-3H3;1H/t8-;/m0./s1. The lowest BCUT2D eigenvalue weighted by Gasteiger charge is -2.35. The fourth-order valence-electron chi connectivity index (χ4n) is 1.50. The first-order chi connectivity index (χ1) is 5.63. The minimum absolute atomic E-state index is 0. The van der Waals surface area contributed by atoms with Crippen molar-refractivity contribution in [3.05, 3.63) is 0 Å². The van der Waals surface area contributed by atoms with Crippen molar-refractivity contribution in [2.75, 3.05) is 19.6 Å². The second-order valence-corrected chi connectivity index (χ2v) is 3.74. The summed E-state index contributed by atoms with van der Waals surface area (Å²) in [5.74, 6) is 0.412. The van der Waals surface area contributed by atoms with Gasteiger partial charge in [-0.1, -0.05) is 13.8 Å². The van der Waals surface area contributed by atoms with Crippen molar-refractivity contribution >= 4 is 18.3 Å². The van der Waals surface area contributed by atoms with Crippen molar-refractivity contribution in [1.82, 2.24) is 10.2 Å². The van der Waals surface area contributed by atoms with Crippen molar-refractivity contribution in [3.8, 4) is 0 Å². The van der Waals surface area contributed by atoms with E-state index in [1.165, 1.54) is 0 Å². The minimum atomic E-state index is 0. The zero-order chi connectivity index (χ0) is 9.14. The molecule has 0 aromatic rings. The van der Waals surface area contributed by atoms with Gasteiger partial charge >= 0.3 is 0 Å². The van der Waals surface area contributed by atoms with E-state index in [1.807, 2.05) is 18.7 Å². The van der Waals surface area contributed by atoms with Gasteiger partial charge in [-0.05, 0) is 6.92 Å². The number of nitrogens with zero attached hydrogens (tertiary/aromatic N) is 1. The first kappa shape index (κ1) is 12.7. The lowest BCUT2D eigenvalue weighted by atomic mass is 10.1. The molecule has 3 nitrogen and oxygen atoms in total. The molecule has 1 N–H and O–H groups in total. The molecule has 0 spiro atoms. The Kier molecular flexibility index (Phi) is 5.33. The van der Waals surface area contributed by atoms with Gasteiger partial charge in [0.05, 0.1) is 0 Å². The number of amides is 1. The summed E-state index contributed by atoms with van der Waals surface area (Å²) in [6.07, 6.45) is 0. The molecule has 0 saturated carbocycles. The smallest absolute Gasteiger partial charge is 0.225 e. The third kappa shape index (κ3) is 3.16. The van der Waals surface area contributed by atoms with Crippen LogP contribution in [0.1, 0.15) is 20.8 Å². The van der Waals surface area contributed by atoms with Crippen LogP contribution in [0.5, 0.6) is 0 Å². The van der Waals surface area contributed by atoms with Crippen LogP contribution in [0.2, 0.25) is 0 Å². The molecule has 4 heteroatoms. The topological polar surface area (TPSA) is 32.3 Å². The maximum atomic E-state index is 11.6. The van der Waals surface area contributed by atoms with Crippen LogP contribution in [-0.4, -0.2) is 36.5 Å². The molecular formula is C9H19ClN2O. The van der Waals surface area contributed by atoms with Gasteiger partial charge in [0.2, 0.25) is 5.91 Å². The van der Waals surface area contributed by atoms with Crippen LogP contribution < -0.4 is 5.32 Å². The SMILES string of the molecule is CC(C)C(=O)N1CCNC[C@@H]1C.Cl. The maximum absolute atomic E-state index is 11.6. The maximum Gasteiger partial charge on any atom is 0.225 e. The first-order valence-corrected chi connectivity index (χ1v) is 4.64. The second-order valence-electron chi connectivity index (χ2n) is 3.74. The fourth-order valence-corrected chi connectivity index (χ4v) is 1.50. The third-order valence-corrected chi connectivity index (χ3v) is 2.28. The summed E-state index contributed by atoms with van der Waals surface area (Å²) in [4.78, 5) is 13.6. The summed E-state index contributed by atoms with van der Waals surface area (Å²) in [6, 6.07) is 0.355. The summed E-state index contributed by atoms with van der Waals surface area (Å²) in [7, 11) is 0. The summed E-state index contributed by atoms with van der Waals surface area (Å²) >= 11 is 0. The number of halogens is 1. The highest BCUT2D eigenvalue weighted by atomic mass is 35.5. The van der Waals surface area contributed by atoms with Gasteiger partial charge in [0.1, 0.15) is 0 Å². The predicted molar refractivity (Wildman–Crippen MR) is 56.1 cm³/mol. The molecular weight excluding hydrogens is 188 g/mol. The molecule has 1 rings (SSSR count). The highest BCUT2D eigenvalue weighted by molar-refractivity contribution is 5.85. The quantitative estimate of drug-likeness (QED) is 0.691. The Balaban J connectivity index is 0.00000144. The van der Waals surface area contributed by atoms with E-state index in [1.54, 1.807) is 0 Å². The molecule has 78 valence electrons. The molecule has 0 aromatic heterocycles. The number of hydrogen-bond acceptors (Lipinski definition) is 2. The van der Waals surface area contributed by atoms with E-state index < -0.39 is 0 Å². The van der Waals surface area contributed by atoms with Crippen molar-refractivity contribution in [1.29, 1.82) is 0 Å². The van der Waals surface area contributed by atoms with Crippen molar-refractivity contribution in [3.63, 3.8) is 0 Å². The molecule has 1 amide bonds. The summed E-state index contributed by atoms with van der Waals surface area (Å²) < 4.78 is 0. The Morgan fingerprint density at radius 1 is 1.54 bits per heavy atom. The van der Waals surface area contributed by atoms with E-state index in [0.717, 1.165) is 19.6 Å². The van der Waals surface area contributed by atoms with E-state index in [0.29, 0.717) is 6.04 Å². The largest absolute Gasteiger partial charge is 0.337 e. The van der Waals surface area contributed by atoms with Gasteiger partial charge < -0.3 is 10.2 Å². The Morgan fingerprint density at radius 3 is 2.62 bits per heavy atom. The summed E-state index contributed by atoms with van der Waals surface area (Å²) in [6.45, 7) is 8.72. The average Bonchev–Trinajstić information content (AvgIpc) is 2.04. The highest BCUT2D eigenvalue weighted by Crippen LogP contribution is 2.07. The molecule has 1 heterocycles. The molecule has 0 radical (unpaired) electrons. The van der Waals surface area contributed by atoms with Crippen molar-refractivity contribution < 1.29 is 4.79 Å². The van der Waals surface area contributed by atoms with Gasteiger partial charge in [-0.25, -0.2) is 0 Å². The Bertz CT molecular complexity index is 173. The molecule has 13 heavy (non-hydrogen) atoms. The fraction of sp³-hybridized carbons (Fsp3) is 0.889. The van der Waals surface area contributed by atoms with E-state index in [2.05, 4.69) is 12.2 Å². The lowest BCUT2D eigenvalue weighted by Crippen LogP contribution is -2.53. The molecule has 1 saturated heterocycles. The number of hydrogen-bond donors (Lipinski definition) is 1. The molecule has 0 bridgehead atoms. The number of carbonyl (C=O) groups is 1. The van der Waals surface area contributed by atoms with Gasteiger partial charge in [-0.3, -0.25) is 4.79 Å². The van der Waals surface area contributed by atoms with Gasteiger partial charge in [-0.2, -0.15) is 0 Å². The van der Waals surface area contributed by atoms with Gasteiger partial charge in [0.25, 0.3) is 0 Å². The van der Waals surface area contributed by atoms with Crippen LogP contribution in [0.3, 0.4) is 0 Å². The number of carbonyl (C=O) groups excluding carboxylic acids is 1. The number of rotatable bonds is 1. The van der Waals surface area contributed by atoms with Crippen molar-refractivity contribution in [2.45, 2.75) is 26.8 Å². The predicted octanol–water partition coefficient (Wildman–Crippen LogP) is 0.885. The molecule has 1 aliphatic rings. The minimum Gasteiger partial charge on any atom is -0.337 e. The summed E-state index contributed by atoms with van der Waals surface area (Å²) in [5, 5.41) is 3.26. The monoisotopic (exact) mass is 206 g/mol. The Labute approximate surface area is 86.3 Å². The van der Waals surface area contributed by atoms with Crippen LogP contribution >= 0.6 is 12.4 Å². The number of piperazine rings is 1. The van der Waals surface area contributed by atoms with Gasteiger partial charge in [0, 0.05) is 31.6 Å². The lowest BCUT2D eigenvalue weighted by molar-refractivity contribution is -0.137. The van der Waals surface area contributed by atoms with Crippen LogP contribution in [-0.2, 0) is 4.79 Å². The zero-order valence-corrected chi connectivity index (χ0v) is 9.36. The Morgan fingerprint density at radius 2 is 2.15 bits per heavy atom. The summed E-state index contributed by atoms with van der Waals surface area (Å²) in [5.41, 5.74) is 0. The van der Waals surface area contributed by atoms with Gasteiger partial charge in [0.15, 0.2) is 0 Å². The van der Waals surface area contributed by atoms with E-state index >= 15 is 0 Å². The van der Waals surface area contributed by atoms with Crippen LogP contribution in [0.4, 0.5) is 0 Å². The average molecular weight is 207 g/mol. The van der Waals surface area contributed by atoms with Crippen LogP contribution in [0.25, 0.3) is 0 Å². The Hall–Kier alpha value is -0.280. The number of nitrogens with one attached hydrogen (secondary N) is 1. The molecule has 1 aliphatic heterocycles. The molecule has 1 atom stereocenters. The molecule has 0 aromatic carbocycles. The molecule has 1 fully saturated rings. The van der Waals surface area contributed by atoms with Crippen LogP contribution in [0, 0.1) is 5.92 Å². The molecule has 0 aliphatic carbocycles. The second kappa shape index (κ2) is 5.45. The highest BCUT2D eigenvalue weighted by Gasteiger charge is 2.24. The van der Waals surface area contributed by atoms with E-state index in [9.17, 15) is 4.79 Å². The van der Waals surface area contributed by atoms with Crippen LogP contribution in [0.15, 0.2) is 0 Å². The van der Waals surface area contributed by atoms with E-state index in [-0.39, 0.29) is 24.2 Å².